The van der Waals surface area contributed by atoms with Gasteiger partial charge in [-0.1, -0.05) is 17.7 Å². The van der Waals surface area contributed by atoms with E-state index >= 15 is 0 Å². The molecule has 0 bridgehead atoms. The van der Waals surface area contributed by atoms with E-state index in [0.29, 0.717) is 28.5 Å². The lowest BCUT2D eigenvalue weighted by Gasteiger charge is -2.29. The molecule has 0 radical (unpaired) electrons. The third kappa shape index (κ3) is 4.89. The first kappa shape index (κ1) is 21.9. The number of anilines is 3. The Kier molecular flexibility index (Phi) is 6.32. The number of fused-ring (bicyclic) bond motifs is 1. The van der Waals surface area contributed by atoms with Crippen molar-refractivity contribution in [3.8, 4) is 0 Å². The van der Waals surface area contributed by atoms with Crippen LogP contribution in [-0.2, 0) is 9.53 Å². The van der Waals surface area contributed by atoms with Crippen LogP contribution in [0.4, 0.5) is 17.6 Å². The van der Waals surface area contributed by atoms with Crippen molar-refractivity contribution in [1.29, 1.82) is 0 Å². The molecule has 1 saturated carbocycles. The van der Waals surface area contributed by atoms with Crippen molar-refractivity contribution in [2.75, 3.05) is 23.8 Å². The maximum absolute atomic E-state index is 11.7. The molecule has 10 heteroatoms. The molecule has 1 saturated heterocycles. The molecule has 2 aliphatic rings. The van der Waals surface area contributed by atoms with Crippen LogP contribution in [0.3, 0.4) is 0 Å². The van der Waals surface area contributed by atoms with Crippen molar-refractivity contribution in [3.05, 3.63) is 35.5 Å². The molecular weight excluding hydrogens is 442 g/mol. The van der Waals surface area contributed by atoms with Crippen molar-refractivity contribution in [1.82, 2.24) is 19.5 Å². The molecule has 33 heavy (non-hydrogen) atoms. The Hall–Kier alpha value is -2.91. The quantitative estimate of drug-likeness (QED) is 0.498. The zero-order valence-corrected chi connectivity index (χ0v) is 19.1. The Morgan fingerprint density at radius 2 is 1.91 bits per heavy atom. The number of ether oxygens (including phenoxy) is 1. The van der Waals surface area contributed by atoms with E-state index in [1.54, 1.807) is 6.20 Å². The highest BCUT2D eigenvalue weighted by molar-refractivity contribution is 6.30. The van der Waals surface area contributed by atoms with Crippen LogP contribution in [-0.4, -0.2) is 44.7 Å². The number of nitrogens with one attached hydrogen (secondary N) is 2. The normalized spacial score (nSPS) is 21.7. The number of nitrogens with two attached hydrogens (primary N) is 1. The Morgan fingerprint density at radius 1 is 1.12 bits per heavy atom. The molecule has 174 valence electrons. The fourth-order valence-corrected chi connectivity index (χ4v) is 4.92. The Morgan fingerprint density at radius 3 is 2.64 bits per heavy atom. The van der Waals surface area contributed by atoms with E-state index in [0.717, 1.165) is 63.1 Å². The second-order valence-corrected chi connectivity index (χ2v) is 9.22. The summed E-state index contributed by atoms with van der Waals surface area (Å²) in [6, 6.07) is 7.98. The number of halogens is 1. The van der Waals surface area contributed by atoms with Gasteiger partial charge in [0.2, 0.25) is 17.8 Å². The molecule has 1 aromatic carbocycles. The van der Waals surface area contributed by atoms with E-state index in [1.165, 1.54) is 0 Å². The summed E-state index contributed by atoms with van der Waals surface area (Å²) in [5, 5.41) is 7.50. The molecular formula is C23H28ClN7O2. The number of rotatable bonds is 6. The van der Waals surface area contributed by atoms with E-state index < -0.39 is 0 Å². The average molecular weight is 470 g/mol. The molecule has 1 amide bonds. The van der Waals surface area contributed by atoms with Crippen molar-refractivity contribution >= 4 is 46.3 Å². The fourth-order valence-electron chi connectivity index (χ4n) is 4.73. The topological polar surface area (TPSA) is 120 Å². The van der Waals surface area contributed by atoms with Gasteiger partial charge < -0.3 is 21.1 Å². The molecule has 2 fully saturated rings. The molecule has 3 aromatic rings. The molecule has 3 heterocycles. The highest BCUT2D eigenvalue weighted by Crippen LogP contribution is 2.37. The lowest BCUT2D eigenvalue weighted by Crippen LogP contribution is -2.29. The minimum Gasteiger partial charge on any atom is -0.381 e. The second-order valence-electron chi connectivity index (χ2n) is 8.78. The predicted molar refractivity (Wildman–Crippen MR) is 128 cm³/mol. The number of carbonyl (C=O) groups is 1. The van der Waals surface area contributed by atoms with Crippen LogP contribution >= 0.6 is 11.6 Å². The molecule has 1 aliphatic heterocycles. The van der Waals surface area contributed by atoms with Gasteiger partial charge in [0.25, 0.3) is 0 Å². The van der Waals surface area contributed by atoms with Crippen molar-refractivity contribution in [2.24, 2.45) is 11.7 Å². The third-order valence-electron chi connectivity index (χ3n) is 6.53. The summed E-state index contributed by atoms with van der Waals surface area (Å²) < 4.78 is 7.60. The standard InChI is InChI=1S/C23H28ClN7O2/c24-15-2-1-3-17(12-15)28-23-29-19-13-26-22(27-16-8-10-33-11-9-16)30-21(19)31(23)18-6-4-14(5-7-18)20(25)32/h1-3,12-14,16,18H,4-11H2,(H2,25,32)(H,28,29)(H,26,27,30)/t14-,18-. The van der Waals surface area contributed by atoms with Crippen LogP contribution in [0.15, 0.2) is 30.5 Å². The van der Waals surface area contributed by atoms with Crippen molar-refractivity contribution in [2.45, 2.75) is 50.6 Å². The number of hydrogen-bond donors (Lipinski definition) is 3. The summed E-state index contributed by atoms with van der Waals surface area (Å²) in [7, 11) is 0. The van der Waals surface area contributed by atoms with Crippen LogP contribution in [0.1, 0.15) is 44.6 Å². The number of imidazole rings is 1. The van der Waals surface area contributed by atoms with E-state index in [4.69, 9.17) is 32.0 Å². The van der Waals surface area contributed by atoms with Gasteiger partial charge in [0, 0.05) is 41.9 Å². The Bertz CT molecular complexity index is 1140. The molecule has 5 rings (SSSR count). The maximum Gasteiger partial charge on any atom is 0.224 e. The lowest BCUT2D eigenvalue weighted by atomic mass is 9.85. The minimum atomic E-state index is -0.216. The monoisotopic (exact) mass is 469 g/mol. The van der Waals surface area contributed by atoms with Crippen molar-refractivity contribution in [3.63, 3.8) is 0 Å². The van der Waals surface area contributed by atoms with E-state index in [2.05, 4.69) is 20.2 Å². The summed E-state index contributed by atoms with van der Waals surface area (Å²) in [6.07, 6.45) is 6.80. The number of primary amides is 1. The summed E-state index contributed by atoms with van der Waals surface area (Å²) in [4.78, 5) is 25.8. The van der Waals surface area contributed by atoms with E-state index in [9.17, 15) is 4.79 Å². The van der Waals surface area contributed by atoms with E-state index in [1.807, 2.05) is 24.3 Å². The lowest BCUT2D eigenvalue weighted by molar-refractivity contribution is -0.122. The number of aromatic nitrogens is 4. The second kappa shape index (κ2) is 9.52. The van der Waals surface area contributed by atoms with Gasteiger partial charge in [-0.25, -0.2) is 9.97 Å². The Balaban J connectivity index is 1.49. The number of benzene rings is 1. The fraction of sp³-hybridized carbons (Fsp3) is 0.478. The summed E-state index contributed by atoms with van der Waals surface area (Å²) in [5.74, 6) is 0.996. The molecule has 0 unspecified atom stereocenters. The summed E-state index contributed by atoms with van der Waals surface area (Å²) in [5.41, 5.74) is 7.89. The van der Waals surface area contributed by atoms with Gasteiger partial charge in [0.15, 0.2) is 5.65 Å². The molecule has 0 spiro atoms. The van der Waals surface area contributed by atoms with Gasteiger partial charge in [0.1, 0.15) is 5.52 Å². The third-order valence-corrected chi connectivity index (χ3v) is 6.77. The number of hydrogen-bond acceptors (Lipinski definition) is 7. The zero-order valence-electron chi connectivity index (χ0n) is 18.3. The highest BCUT2D eigenvalue weighted by atomic mass is 35.5. The smallest absolute Gasteiger partial charge is 0.224 e. The molecule has 2 aromatic heterocycles. The zero-order chi connectivity index (χ0) is 22.8. The highest BCUT2D eigenvalue weighted by Gasteiger charge is 2.29. The van der Waals surface area contributed by atoms with Gasteiger partial charge in [-0.2, -0.15) is 4.98 Å². The van der Waals surface area contributed by atoms with E-state index in [-0.39, 0.29) is 17.9 Å². The summed E-state index contributed by atoms with van der Waals surface area (Å²) in [6.45, 7) is 1.49. The van der Waals surface area contributed by atoms with Gasteiger partial charge in [-0.15, -0.1) is 0 Å². The maximum atomic E-state index is 11.7. The molecule has 0 atom stereocenters. The SMILES string of the molecule is NC(=O)[C@H]1CC[C@H](n2c(Nc3cccc(Cl)c3)nc3cnc(NC4CCOCC4)nc32)CC1. The number of amides is 1. The van der Waals surface area contributed by atoms with Crippen LogP contribution in [0.2, 0.25) is 5.02 Å². The van der Waals surface area contributed by atoms with Gasteiger partial charge >= 0.3 is 0 Å². The number of nitrogens with zero attached hydrogens (tertiary/aromatic N) is 4. The number of carbonyl (C=O) groups excluding carboxylic acids is 1. The first-order valence-electron chi connectivity index (χ1n) is 11.5. The van der Waals surface area contributed by atoms with Crippen molar-refractivity contribution < 1.29 is 9.53 Å². The first-order chi connectivity index (χ1) is 16.1. The molecule has 4 N–H and O–H groups in total. The van der Waals surface area contributed by atoms with Gasteiger partial charge in [0.05, 0.1) is 6.20 Å². The average Bonchev–Trinajstić information content (AvgIpc) is 3.17. The predicted octanol–water partition coefficient (Wildman–Crippen LogP) is 4.03. The minimum absolute atomic E-state index is 0.0688. The van der Waals surface area contributed by atoms with Crippen LogP contribution < -0.4 is 16.4 Å². The largest absolute Gasteiger partial charge is 0.381 e. The van der Waals surface area contributed by atoms with Crippen LogP contribution in [0, 0.1) is 5.92 Å². The van der Waals surface area contributed by atoms with Gasteiger partial charge in [-0.05, 0) is 56.7 Å². The molecule has 9 nitrogen and oxygen atoms in total. The van der Waals surface area contributed by atoms with Crippen LogP contribution in [0.5, 0.6) is 0 Å². The van der Waals surface area contributed by atoms with Gasteiger partial charge in [-0.3, -0.25) is 9.36 Å². The summed E-state index contributed by atoms with van der Waals surface area (Å²) >= 11 is 6.19. The Labute approximate surface area is 197 Å². The van der Waals surface area contributed by atoms with Crippen LogP contribution in [0.25, 0.3) is 11.2 Å². The molecule has 1 aliphatic carbocycles. The first-order valence-corrected chi connectivity index (χ1v) is 11.9.